The van der Waals surface area contributed by atoms with Crippen molar-refractivity contribution < 1.29 is 14.6 Å². The first kappa shape index (κ1) is 10.2. The maximum atomic E-state index is 11.1. The van der Waals surface area contributed by atoms with Gasteiger partial charge in [0, 0.05) is 19.3 Å². The Bertz CT molecular complexity index is 347. The molecule has 0 aromatic heterocycles. The van der Waals surface area contributed by atoms with Crippen molar-refractivity contribution in [3.8, 4) is 0 Å². The van der Waals surface area contributed by atoms with E-state index in [0.717, 1.165) is 5.56 Å². The highest BCUT2D eigenvalue weighted by Gasteiger charge is 2.39. The predicted octanol–water partition coefficient (Wildman–Crippen LogP) is 1.30. The van der Waals surface area contributed by atoms with Crippen LogP contribution < -0.4 is 0 Å². The highest BCUT2D eigenvalue weighted by molar-refractivity contribution is 5.72. The van der Waals surface area contributed by atoms with Gasteiger partial charge in [-0.3, -0.25) is 4.79 Å². The number of hydrogen-bond acceptors (Lipinski definition) is 3. The summed E-state index contributed by atoms with van der Waals surface area (Å²) >= 11 is 0. The molecule has 0 aliphatic carbocycles. The largest absolute Gasteiger partial charge is 0.456 e. The first-order valence-electron chi connectivity index (χ1n) is 5.11. The molecular weight excluding hydrogens is 192 g/mol. The first-order chi connectivity index (χ1) is 7.24. The van der Waals surface area contributed by atoms with E-state index in [2.05, 4.69) is 0 Å². The van der Waals surface area contributed by atoms with Gasteiger partial charge >= 0.3 is 5.97 Å². The number of carbonyl (C=O) groups is 1. The number of esters is 1. The second-order valence-electron chi connectivity index (χ2n) is 3.98. The topological polar surface area (TPSA) is 46.5 Å². The zero-order valence-corrected chi connectivity index (χ0v) is 8.48. The minimum absolute atomic E-state index is 0.104. The number of hydrogen-bond donors (Lipinski definition) is 1. The van der Waals surface area contributed by atoms with Crippen molar-refractivity contribution in [3.05, 3.63) is 35.9 Å². The van der Waals surface area contributed by atoms with Crippen molar-refractivity contribution in [3.63, 3.8) is 0 Å². The van der Waals surface area contributed by atoms with E-state index in [1.54, 1.807) is 0 Å². The summed E-state index contributed by atoms with van der Waals surface area (Å²) in [5.74, 6) is -0.208. The van der Waals surface area contributed by atoms with Crippen LogP contribution in [0, 0.1) is 0 Å². The quantitative estimate of drug-likeness (QED) is 0.758. The van der Waals surface area contributed by atoms with Crippen LogP contribution in [-0.2, 0) is 16.0 Å². The summed E-state index contributed by atoms with van der Waals surface area (Å²) in [5, 5.41) is 9.32. The van der Waals surface area contributed by atoms with Crippen molar-refractivity contribution in [2.24, 2.45) is 0 Å². The Balaban J connectivity index is 2.12. The molecule has 0 unspecified atom stereocenters. The maximum absolute atomic E-state index is 11.1. The summed E-state index contributed by atoms with van der Waals surface area (Å²) in [6, 6.07) is 9.78. The van der Waals surface area contributed by atoms with Gasteiger partial charge in [-0.05, 0) is 5.56 Å². The molecule has 1 aromatic carbocycles. The Morgan fingerprint density at radius 3 is 2.60 bits per heavy atom. The molecule has 2 rings (SSSR count). The minimum Gasteiger partial charge on any atom is -0.456 e. The Morgan fingerprint density at radius 1 is 1.33 bits per heavy atom. The number of benzene rings is 1. The van der Waals surface area contributed by atoms with Gasteiger partial charge in [0.05, 0.1) is 6.61 Å². The molecule has 80 valence electrons. The van der Waals surface area contributed by atoms with Gasteiger partial charge in [0.2, 0.25) is 0 Å². The average molecular weight is 206 g/mol. The molecule has 0 amide bonds. The predicted molar refractivity (Wildman–Crippen MR) is 55.3 cm³/mol. The number of aliphatic hydroxyl groups is 1. The third-order valence-corrected chi connectivity index (χ3v) is 2.77. The van der Waals surface area contributed by atoms with E-state index in [1.165, 1.54) is 0 Å². The lowest BCUT2D eigenvalue weighted by Gasteiger charge is -2.25. The molecule has 1 N–H and O–H groups in total. The molecule has 0 spiro atoms. The fourth-order valence-corrected chi connectivity index (χ4v) is 1.93. The number of rotatable bonds is 3. The normalized spacial score (nSPS) is 25.3. The summed E-state index contributed by atoms with van der Waals surface area (Å²) < 4.78 is 5.21. The number of carbonyl (C=O) groups excluding carboxylic acids is 1. The summed E-state index contributed by atoms with van der Waals surface area (Å²) in [7, 11) is 0. The molecule has 1 fully saturated rings. The maximum Gasteiger partial charge on any atom is 0.306 e. The molecule has 1 atom stereocenters. The summed E-state index contributed by atoms with van der Waals surface area (Å²) in [5.41, 5.74) is 0.402. The van der Waals surface area contributed by atoms with E-state index in [9.17, 15) is 9.90 Å². The SMILES string of the molecule is O=C1CC[C@@](CO)(Cc2ccccc2)O1. The third-order valence-electron chi connectivity index (χ3n) is 2.77. The molecule has 1 aromatic rings. The van der Waals surface area contributed by atoms with Gasteiger partial charge in [0.1, 0.15) is 5.60 Å². The monoisotopic (exact) mass is 206 g/mol. The van der Waals surface area contributed by atoms with Gasteiger partial charge in [0.25, 0.3) is 0 Å². The number of cyclic esters (lactones) is 1. The summed E-state index contributed by atoms with van der Waals surface area (Å²) in [6.07, 6.45) is 1.61. The second kappa shape index (κ2) is 4.03. The first-order valence-corrected chi connectivity index (χ1v) is 5.11. The van der Waals surface area contributed by atoms with Crippen LogP contribution in [0.5, 0.6) is 0 Å². The van der Waals surface area contributed by atoms with Gasteiger partial charge in [-0.2, -0.15) is 0 Å². The van der Waals surface area contributed by atoms with Crippen molar-refractivity contribution in [1.29, 1.82) is 0 Å². The molecule has 3 nitrogen and oxygen atoms in total. The van der Waals surface area contributed by atoms with Crippen molar-refractivity contribution in [1.82, 2.24) is 0 Å². The van der Waals surface area contributed by atoms with Gasteiger partial charge < -0.3 is 9.84 Å². The van der Waals surface area contributed by atoms with Crippen LogP contribution in [0.4, 0.5) is 0 Å². The molecule has 3 heteroatoms. The highest BCUT2D eigenvalue weighted by atomic mass is 16.6. The fraction of sp³-hybridized carbons (Fsp3) is 0.417. The van der Waals surface area contributed by atoms with E-state index in [1.807, 2.05) is 30.3 Å². The van der Waals surface area contributed by atoms with Crippen LogP contribution in [-0.4, -0.2) is 23.3 Å². The molecule has 1 heterocycles. The zero-order valence-electron chi connectivity index (χ0n) is 8.48. The lowest BCUT2D eigenvalue weighted by atomic mass is 9.92. The summed E-state index contributed by atoms with van der Waals surface area (Å²) in [6.45, 7) is -0.104. The van der Waals surface area contributed by atoms with Crippen molar-refractivity contribution in [2.75, 3.05) is 6.61 Å². The van der Waals surface area contributed by atoms with Crippen LogP contribution in [0.1, 0.15) is 18.4 Å². The van der Waals surface area contributed by atoms with E-state index >= 15 is 0 Å². The number of aliphatic hydroxyl groups excluding tert-OH is 1. The van der Waals surface area contributed by atoms with Crippen LogP contribution in [0.3, 0.4) is 0 Å². The molecule has 1 aliphatic rings. The highest BCUT2D eigenvalue weighted by Crippen LogP contribution is 2.29. The van der Waals surface area contributed by atoms with Gasteiger partial charge in [-0.1, -0.05) is 30.3 Å². The Morgan fingerprint density at radius 2 is 2.07 bits per heavy atom. The Labute approximate surface area is 88.7 Å². The van der Waals surface area contributed by atoms with Gasteiger partial charge in [-0.25, -0.2) is 0 Å². The van der Waals surface area contributed by atoms with E-state index < -0.39 is 5.60 Å². The van der Waals surface area contributed by atoms with Crippen LogP contribution in [0.2, 0.25) is 0 Å². The smallest absolute Gasteiger partial charge is 0.306 e. The second-order valence-corrected chi connectivity index (χ2v) is 3.98. The number of ether oxygens (including phenoxy) is 1. The van der Waals surface area contributed by atoms with E-state index in [0.29, 0.717) is 19.3 Å². The van der Waals surface area contributed by atoms with Crippen LogP contribution in [0.15, 0.2) is 30.3 Å². The zero-order chi connectivity index (χ0) is 10.7. The molecule has 0 bridgehead atoms. The summed E-state index contributed by atoms with van der Waals surface area (Å²) in [4.78, 5) is 11.1. The minimum atomic E-state index is -0.682. The lowest BCUT2D eigenvalue weighted by Crippen LogP contribution is -2.35. The third kappa shape index (κ3) is 2.18. The van der Waals surface area contributed by atoms with E-state index in [4.69, 9.17) is 4.74 Å². The average Bonchev–Trinajstić information content (AvgIpc) is 2.62. The van der Waals surface area contributed by atoms with Crippen LogP contribution in [0.25, 0.3) is 0 Å². The lowest BCUT2D eigenvalue weighted by molar-refractivity contribution is -0.151. The van der Waals surface area contributed by atoms with E-state index in [-0.39, 0.29) is 12.6 Å². The van der Waals surface area contributed by atoms with Crippen LogP contribution >= 0.6 is 0 Å². The molecular formula is C12H14O3. The standard InChI is InChI=1S/C12H14O3/c13-9-12(7-6-11(14)15-12)8-10-4-2-1-3-5-10/h1-5,13H,6-9H2/t12-/m0/s1. The molecule has 1 saturated heterocycles. The van der Waals surface area contributed by atoms with Gasteiger partial charge in [0.15, 0.2) is 0 Å². The van der Waals surface area contributed by atoms with Crippen molar-refractivity contribution >= 4 is 5.97 Å². The van der Waals surface area contributed by atoms with Crippen molar-refractivity contribution in [2.45, 2.75) is 24.9 Å². The molecule has 0 radical (unpaired) electrons. The molecule has 1 aliphatic heterocycles. The Kier molecular flexibility index (Phi) is 2.73. The molecule has 0 saturated carbocycles. The Hall–Kier alpha value is -1.35. The molecule has 15 heavy (non-hydrogen) atoms. The fourth-order valence-electron chi connectivity index (χ4n) is 1.93. The van der Waals surface area contributed by atoms with Gasteiger partial charge in [-0.15, -0.1) is 0 Å².